The van der Waals surface area contributed by atoms with Gasteiger partial charge in [-0.2, -0.15) is 0 Å². The SMILES string of the molecule is CC1COc2ccccc2C1N(C)CCN1CCNCC1. The smallest absolute Gasteiger partial charge is 0.124 e. The fourth-order valence-electron chi connectivity index (χ4n) is 3.52. The van der Waals surface area contributed by atoms with E-state index in [1.165, 1.54) is 18.7 Å². The van der Waals surface area contributed by atoms with Gasteiger partial charge in [0.2, 0.25) is 0 Å². The molecule has 0 bridgehead atoms. The molecule has 0 amide bonds. The molecule has 0 saturated carbocycles. The summed E-state index contributed by atoms with van der Waals surface area (Å²) in [7, 11) is 2.26. The lowest BCUT2D eigenvalue weighted by Crippen LogP contribution is -2.47. The molecule has 1 aromatic carbocycles. The Kier molecular flexibility index (Phi) is 4.78. The van der Waals surface area contributed by atoms with Crippen molar-refractivity contribution in [3.8, 4) is 5.75 Å². The van der Waals surface area contributed by atoms with Crippen LogP contribution < -0.4 is 10.1 Å². The molecule has 0 aromatic heterocycles. The van der Waals surface area contributed by atoms with Crippen molar-refractivity contribution in [3.05, 3.63) is 29.8 Å². The van der Waals surface area contributed by atoms with Gasteiger partial charge in [0.05, 0.1) is 6.61 Å². The van der Waals surface area contributed by atoms with E-state index in [4.69, 9.17) is 4.74 Å². The topological polar surface area (TPSA) is 27.7 Å². The van der Waals surface area contributed by atoms with Crippen molar-refractivity contribution in [2.45, 2.75) is 13.0 Å². The number of rotatable bonds is 4. The first-order valence-electron chi connectivity index (χ1n) is 8.11. The molecule has 21 heavy (non-hydrogen) atoms. The average molecular weight is 289 g/mol. The van der Waals surface area contributed by atoms with Crippen LogP contribution in [0.2, 0.25) is 0 Å². The van der Waals surface area contributed by atoms with Crippen molar-refractivity contribution in [2.75, 3.05) is 52.9 Å². The molecule has 116 valence electrons. The third-order valence-corrected chi connectivity index (χ3v) is 4.73. The third-order valence-electron chi connectivity index (χ3n) is 4.73. The summed E-state index contributed by atoms with van der Waals surface area (Å²) < 4.78 is 5.87. The molecule has 0 radical (unpaired) electrons. The summed E-state index contributed by atoms with van der Waals surface area (Å²) >= 11 is 0. The minimum atomic E-state index is 0.470. The summed E-state index contributed by atoms with van der Waals surface area (Å²) in [5.41, 5.74) is 1.35. The summed E-state index contributed by atoms with van der Waals surface area (Å²) in [6, 6.07) is 8.97. The molecule has 2 unspecified atom stereocenters. The second-order valence-electron chi connectivity index (χ2n) is 6.34. The van der Waals surface area contributed by atoms with E-state index in [9.17, 15) is 0 Å². The predicted molar refractivity (Wildman–Crippen MR) is 85.8 cm³/mol. The van der Waals surface area contributed by atoms with Crippen molar-refractivity contribution >= 4 is 0 Å². The molecule has 1 fully saturated rings. The quantitative estimate of drug-likeness (QED) is 0.911. The number of ether oxygens (including phenoxy) is 1. The minimum Gasteiger partial charge on any atom is -0.493 e. The Morgan fingerprint density at radius 2 is 2.05 bits per heavy atom. The second-order valence-corrected chi connectivity index (χ2v) is 6.34. The average Bonchev–Trinajstić information content (AvgIpc) is 2.53. The van der Waals surface area contributed by atoms with Gasteiger partial charge in [0, 0.05) is 56.8 Å². The highest BCUT2D eigenvalue weighted by Crippen LogP contribution is 2.38. The van der Waals surface area contributed by atoms with E-state index in [0.717, 1.165) is 38.5 Å². The fraction of sp³-hybridized carbons (Fsp3) is 0.647. The Morgan fingerprint density at radius 3 is 2.86 bits per heavy atom. The van der Waals surface area contributed by atoms with Gasteiger partial charge >= 0.3 is 0 Å². The van der Waals surface area contributed by atoms with Gasteiger partial charge in [0.15, 0.2) is 0 Å². The van der Waals surface area contributed by atoms with E-state index < -0.39 is 0 Å². The Morgan fingerprint density at radius 1 is 1.29 bits per heavy atom. The van der Waals surface area contributed by atoms with Crippen LogP contribution in [0.25, 0.3) is 0 Å². The highest BCUT2D eigenvalue weighted by atomic mass is 16.5. The van der Waals surface area contributed by atoms with Gasteiger partial charge in [-0.15, -0.1) is 0 Å². The maximum absolute atomic E-state index is 5.87. The van der Waals surface area contributed by atoms with Crippen molar-refractivity contribution in [1.82, 2.24) is 15.1 Å². The van der Waals surface area contributed by atoms with Crippen LogP contribution in [0.15, 0.2) is 24.3 Å². The molecule has 3 rings (SSSR count). The van der Waals surface area contributed by atoms with Gasteiger partial charge in [0.1, 0.15) is 5.75 Å². The van der Waals surface area contributed by atoms with Crippen LogP contribution >= 0.6 is 0 Å². The molecule has 2 atom stereocenters. The van der Waals surface area contributed by atoms with Crippen LogP contribution in [0.1, 0.15) is 18.5 Å². The van der Waals surface area contributed by atoms with Gasteiger partial charge in [-0.05, 0) is 13.1 Å². The molecule has 0 spiro atoms. The van der Waals surface area contributed by atoms with Crippen LogP contribution in [0.5, 0.6) is 5.75 Å². The highest BCUT2D eigenvalue weighted by molar-refractivity contribution is 5.37. The Labute approximate surface area is 128 Å². The maximum atomic E-state index is 5.87. The Hall–Kier alpha value is -1.10. The number of likely N-dealkylation sites (N-methyl/N-ethyl adjacent to an activating group) is 1. The van der Waals surface area contributed by atoms with E-state index in [0.29, 0.717) is 12.0 Å². The molecule has 1 aromatic rings. The van der Waals surface area contributed by atoms with Crippen molar-refractivity contribution in [3.63, 3.8) is 0 Å². The molecular weight excluding hydrogens is 262 g/mol. The zero-order valence-corrected chi connectivity index (χ0v) is 13.2. The van der Waals surface area contributed by atoms with Crippen molar-refractivity contribution < 1.29 is 4.74 Å². The maximum Gasteiger partial charge on any atom is 0.124 e. The number of piperazine rings is 1. The minimum absolute atomic E-state index is 0.470. The lowest BCUT2D eigenvalue weighted by molar-refractivity contribution is 0.0974. The number of hydrogen-bond acceptors (Lipinski definition) is 4. The predicted octanol–water partition coefficient (Wildman–Crippen LogP) is 1.59. The normalized spacial score (nSPS) is 26.4. The standard InChI is InChI=1S/C17H27N3O/c1-14-13-21-16-6-4-3-5-15(16)17(14)19(2)11-12-20-9-7-18-8-10-20/h3-6,14,17-18H,7-13H2,1-2H3. The number of nitrogens with one attached hydrogen (secondary N) is 1. The largest absolute Gasteiger partial charge is 0.493 e. The van der Waals surface area contributed by atoms with Gasteiger partial charge in [-0.3, -0.25) is 9.80 Å². The fourth-order valence-corrected chi connectivity index (χ4v) is 3.52. The molecular formula is C17H27N3O. The van der Waals surface area contributed by atoms with Gasteiger partial charge in [-0.25, -0.2) is 0 Å². The highest BCUT2D eigenvalue weighted by Gasteiger charge is 2.30. The summed E-state index contributed by atoms with van der Waals surface area (Å²) in [6.07, 6.45) is 0. The molecule has 2 heterocycles. The van der Waals surface area contributed by atoms with Crippen LogP contribution in [0, 0.1) is 5.92 Å². The molecule has 2 aliphatic rings. The van der Waals surface area contributed by atoms with Gasteiger partial charge in [0.25, 0.3) is 0 Å². The van der Waals surface area contributed by atoms with E-state index in [1.807, 2.05) is 0 Å². The lowest BCUT2D eigenvalue weighted by atomic mass is 9.91. The van der Waals surface area contributed by atoms with E-state index in [1.54, 1.807) is 0 Å². The zero-order valence-electron chi connectivity index (χ0n) is 13.2. The van der Waals surface area contributed by atoms with Crippen LogP contribution in [0.4, 0.5) is 0 Å². The monoisotopic (exact) mass is 289 g/mol. The number of nitrogens with zero attached hydrogens (tertiary/aromatic N) is 2. The number of fused-ring (bicyclic) bond motifs is 1. The number of hydrogen-bond donors (Lipinski definition) is 1. The van der Waals surface area contributed by atoms with E-state index in [2.05, 4.69) is 53.4 Å². The first-order chi connectivity index (χ1) is 10.3. The van der Waals surface area contributed by atoms with Crippen LogP contribution in [-0.2, 0) is 0 Å². The summed E-state index contributed by atoms with van der Waals surface area (Å²) in [5, 5.41) is 3.41. The van der Waals surface area contributed by atoms with Gasteiger partial charge in [-0.1, -0.05) is 25.1 Å². The number of benzene rings is 1. The molecule has 4 nitrogen and oxygen atoms in total. The first kappa shape index (κ1) is 14.8. The third kappa shape index (κ3) is 3.39. The summed E-state index contributed by atoms with van der Waals surface area (Å²) in [5.74, 6) is 1.60. The molecule has 4 heteroatoms. The van der Waals surface area contributed by atoms with Crippen LogP contribution in [-0.4, -0.2) is 62.7 Å². The molecule has 2 aliphatic heterocycles. The van der Waals surface area contributed by atoms with Gasteiger partial charge < -0.3 is 10.1 Å². The van der Waals surface area contributed by atoms with E-state index >= 15 is 0 Å². The lowest BCUT2D eigenvalue weighted by Gasteiger charge is -2.39. The number of para-hydroxylation sites is 1. The molecule has 0 aliphatic carbocycles. The first-order valence-corrected chi connectivity index (χ1v) is 8.11. The Bertz CT molecular complexity index is 459. The summed E-state index contributed by atoms with van der Waals surface area (Å²) in [6.45, 7) is 9.98. The second kappa shape index (κ2) is 6.77. The van der Waals surface area contributed by atoms with E-state index in [-0.39, 0.29) is 0 Å². The summed E-state index contributed by atoms with van der Waals surface area (Å²) in [4.78, 5) is 5.07. The van der Waals surface area contributed by atoms with Crippen molar-refractivity contribution in [2.24, 2.45) is 5.92 Å². The molecule has 1 saturated heterocycles. The molecule has 1 N–H and O–H groups in total. The Balaban J connectivity index is 1.64. The van der Waals surface area contributed by atoms with Crippen LogP contribution in [0.3, 0.4) is 0 Å². The van der Waals surface area contributed by atoms with Crippen molar-refractivity contribution in [1.29, 1.82) is 0 Å². The zero-order chi connectivity index (χ0) is 14.7.